The van der Waals surface area contributed by atoms with Crippen LogP contribution < -0.4 is 4.74 Å². The van der Waals surface area contributed by atoms with Crippen LogP contribution in [0, 0.1) is 0 Å². The maximum Gasteiger partial charge on any atom is 0.163 e. The third kappa shape index (κ3) is 1.89. The molecule has 70 valence electrons. The first-order valence-corrected chi connectivity index (χ1v) is 5.05. The van der Waals surface area contributed by atoms with E-state index >= 15 is 0 Å². The molecule has 1 saturated heterocycles. The highest BCUT2D eigenvalue weighted by atomic mass is 32.1. The van der Waals surface area contributed by atoms with E-state index in [1.165, 1.54) is 11.3 Å². The summed E-state index contributed by atoms with van der Waals surface area (Å²) in [6.07, 6.45) is 1.86. The summed E-state index contributed by atoms with van der Waals surface area (Å²) in [6, 6.07) is 1.83. The summed E-state index contributed by atoms with van der Waals surface area (Å²) in [6.45, 7) is 1.39. The van der Waals surface area contributed by atoms with Gasteiger partial charge in [-0.3, -0.25) is 4.79 Å². The number of hydrogen-bond donors (Lipinski definition) is 0. The number of ether oxygens (including phenoxy) is 2. The molecule has 0 aromatic carbocycles. The van der Waals surface area contributed by atoms with Gasteiger partial charge in [0.05, 0.1) is 13.2 Å². The van der Waals surface area contributed by atoms with Gasteiger partial charge in [0.15, 0.2) is 6.29 Å². The zero-order chi connectivity index (χ0) is 9.10. The molecule has 0 bridgehead atoms. The first kappa shape index (κ1) is 8.72. The summed E-state index contributed by atoms with van der Waals surface area (Å²) in [5.41, 5.74) is 0. The summed E-state index contributed by atoms with van der Waals surface area (Å²) in [7, 11) is 0. The van der Waals surface area contributed by atoms with Crippen molar-refractivity contribution in [2.75, 3.05) is 13.2 Å². The molecule has 0 radical (unpaired) electrons. The third-order valence-corrected chi connectivity index (χ3v) is 2.77. The highest BCUT2D eigenvalue weighted by Gasteiger charge is 2.18. The number of carbonyl (C=O) groups excluding carboxylic acids is 1. The standard InChI is InChI=1S/C9H10O3S/c10-5-9-8(2-4-13-9)12-7-1-3-11-6-7/h2,4-5,7H,1,3,6H2/t7-/m0/s1. The molecule has 0 N–H and O–H groups in total. The van der Waals surface area contributed by atoms with E-state index in [4.69, 9.17) is 9.47 Å². The lowest BCUT2D eigenvalue weighted by molar-refractivity contribution is 0.111. The van der Waals surface area contributed by atoms with Gasteiger partial charge in [0.1, 0.15) is 16.7 Å². The Morgan fingerprint density at radius 3 is 3.31 bits per heavy atom. The van der Waals surface area contributed by atoms with Crippen LogP contribution in [0.2, 0.25) is 0 Å². The lowest BCUT2D eigenvalue weighted by Gasteiger charge is -2.10. The Morgan fingerprint density at radius 1 is 1.69 bits per heavy atom. The molecule has 4 heteroatoms. The maximum atomic E-state index is 10.6. The second-order valence-corrected chi connectivity index (χ2v) is 3.82. The molecule has 2 heterocycles. The van der Waals surface area contributed by atoms with Gasteiger partial charge in [0.25, 0.3) is 0 Å². The normalized spacial score (nSPS) is 21.7. The van der Waals surface area contributed by atoms with Crippen molar-refractivity contribution in [1.82, 2.24) is 0 Å². The van der Waals surface area contributed by atoms with Crippen LogP contribution in [0.1, 0.15) is 16.1 Å². The highest BCUT2D eigenvalue weighted by Crippen LogP contribution is 2.25. The Morgan fingerprint density at radius 2 is 2.62 bits per heavy atom. The molecule has 1 aliphatic heterocycles. The summed E-state index contributed by atoms with van der Waals surface area (Å²) in [4.78, 5) is 11.2. The van der Waals surface area contributed by atoms with Gasteiger partial charge in [-0.2, -0.15) is 0 Å². The predicted octanol–water partition coefficient (Wildman–Crippen LogP) is 1.73. The molecule has 0 amide bonds. The average Bonchev–Trinajstić information content (AvgIpc) is 2.76. The van der Waals surface area contributed by atoms with Crippen LogP contribution in [0.15, 0.2) is 11.4 Å². The molecular weight excluding hydrogens is 188 g/mol. The maximum absolute atomic E-state index is 10.6. The molecule has 1 atom stereocenters. The molecule has 0 unspecified atom stereocenters. The predicted molar refractivity (Wildman–Crippen MR) is 49.6 cm³/mol. The summed E-state index contributed by atoms with van der Waals surface area (Å²) in [5.74, 6) is 0.690. The van der Waals surface area contributed by atoms with Gasteiger partial charge in [-0.25, -0.2) is 0 Å². The monoisotopic (exact) mass is 198 g/mol. The molecule has 3 nitrogen and oxygen atoms in total. The quantitative estimate of drug-likeness (QED) is 0.694. The van der Waals surface area contributed by atoms with Crippen LogP contribution in [-0.4, -0.2) is 25.6 Å². The molecule has 0 saturated carbocycles. The van der Waals surface area contributed by atoms with Gasteiger partial charge in [0, 0.05) is 6.42 Å². The minimum Gasteiger partial charge on any atom is -0.486 e. The number of aldehydes is 1. The molecule has 1 aromatic heterocycles. The van der Waals surface area contributed by atoms with Gasteiger partial charge in [-0.05, 0) is 11.4 Å². The lowest BCUT2D eigenvalue weighted by Crippen LogP contribution is -2.15. The van der Waals surface area contributed by atoms with Crippen LogP contribution in [0.25, 0.3) is 0 Å². The van der Waals surface area contributed by atoms with Gasteiger partial charge < -0.3 is 9.47 Å². The van der Waals surface area contributed by atoms with E-state index in [9.17, 15) is 4.79 Å². The highest BCUT2D eigenvalue weighted by molar-refractivity contribution is 7.12. The van der Waals surface area contributed by atoms with Crippen molar-refractivity contribution in [3.05, 3.63) is 16.3 Å². The Bertz CT molecular complexity index is 289. The minimum absolute atomic E-state index is 0.119. The molecule has 1 fully saturated rings. The first-order chi connectivity index (χ1) is 6.40. The van der Waals surface area contributed by atoms with Crippen molar-refractivity contribution in [1.29, 1.82) is 0 Å². The Kier molecular flexibility index (Phi) is 2.61. The summed E-state index contributed by atoms with van der Waals surface area (Å²) >= 11 is 1.40. The molecular formula is C9H10O3S. The largest absolute Gasteiger partial charge is 0.486 e. The molecule has 2 rings (SSSR count). The summed E-state index contributed by atoms with van der Waals surface area (Å²) in [5, 5.41) is 1.86. The lowest BCUT2D eigenvalue weighted by atomic mass is 10.3. The van der Waals surface area contributed by atoms with Gasteiger partial charge in [-0.1, -0.05) is 0 Å². The van der Waals surface area contributed by atoms with E-state index in [1.54, 1.807) is 0 Å². The number of rotatable bonds is 3. The van der Waals surface area contributed by atoms with Crippen molar-refractivity contribution in [3.8, 4) is 5.75 Å². The topological polar surface area (TPSA) is 35.5 Å². The van der Waals surface area contributed by atoms with Crippen molar-refractivity contribution in [2.45, 2.75) is 12.5 Å². The van der Waals surface area contributed by atoms with Crippen molar-refractivity contribution < 1.29 is 14.3 Å². The SMILES string of the molecule is O=Cc1sccc1O[C@H]1CCOC1. The third-order valence-electron chi connectivity index (χ3n) is 1.95. The Labute approximate surface area is 80.3 Å². The van der Waals surface area contributed by atoms with Crippen molar-refractivity contribution >= 4 is 17.6 Å². The fourth-order valence-corrected chi connectivity index (χ4v) is 1.90. The molecule has 1 aliphatic rings. The van der Waals surface area contributed by atoms with Crippen LogP contribution in [0.4, 0.5) is 0 Å². The zero-order valence-electron chi connectivity index (χ0n) is 7.06. The zero-order valence-corrected chi connectivity index (χ0v) is 7.88. The van der Waals surface area contributed by atoms with E-state index in [0.29, 0.717) is 17.2 Å². The van der Waals surface area contributed by atoms with Crippen LogP contribution in [0.3, 0.4) is 0 Å². The fourth-order valence-electron chi connectivity index (χ4n) is 1.28. The van der Waals surface area contributed by atoms with Crippen LogP contribution in [0.5, 0.6) is 5.75 Å². The smallest absolute Gasteiger partial charge is 0.163 e. The van der Waals surface area contributed by atoms with Gasteiger partial charge >= 0.3 is 0 Å². The van der Waals surface area contributed by atoms with Crippen molar-refractivity contribution in [2.24, 2.45) is 0 Å². The van der Waals surface area contributed by atoms with E-state index in [0.717, 1.165) is 19.3 Å². The van der Waals surface area contributed by atoms with E-state index in [2.05, 4.69) is 0 Å². The fraction of sp³-hybridized carbons (Fsp3) is 0.444. The average molecular weight is 198 g/mol. The second kappa shape index (κ2) is 3.89. The van der Waals surface area contributed by atoms with Gasteiger partial charge in [-0.15, -0.1) is 11.3 Å². The molecule has 0 spiro atoms. The first-order valence-electron chi connectivity index (χ1n) is 4.17. The van der Waals surface area contributed by atoms with E-state index in [-0.39, 0.29) is 6.10 Å². The number of thiophene rings is 1. The van der Waals surface area contributed by atoms with E-state index in [1.807, 2.05) is 11.4 Å². The number of carbonyl (C=O) groups is 1. The van der Waals surface area contributed by atoms with Crippen LogP contribution >= 0.6 is 11.3 Å². The Balaban J connectivity index is 2.03. The molecule has 13 heavy (non-hydrogen) atoms. The Hall–Kier alpha value is -0.870. The number of hydrogen-bond acceptors (Lipinski definition) is 4. The van der Waals surface area contributed by atoms with Crippen LogP contribution in [-0.2, 0) is 4.74 Å². The van der Waals surface area contributed by atoms with E-state index < -0.39 is 0 Å². The molecule has 1 aromatic rings. The molecule has 0 aliphatic carbocycles. The summed E-state index contributed by atoms with van der Waals surface area (Å²) < 4.78 is 10.8. The second-order valence-electron chi connectivity index (χ2n) is 2.87. The van der Waals surface area contributed by atoms with Crippen molar-refractivity contribution in [3.63, 3.8) is 0 Å². The minimum atomic E-state index is 0.119. The van der Waals surface area contributed by atoms with Gasteiger partial charge in [0.2, 0.25) is 0 Å².